The zero-order valence-electron chi connectivity index (χ0n) is 11.4. The van der Waals surface area contributed by atoms with Gasteiger partial charge in [-0.05, 0) is 25.3 Å². The van der Waals surface area contributed by atoms with Crippen molar-refractivity contribution in [2.24, 2.45) is 0 Å². The Morgan fingerprint density at radius 2 is 2.24 bits per heavy atom. The number of anilines is 1. The van der Waals surface area contributed by atoms with Crippen LogP contribution in [0.4, 0.5) is 15.8 Å². The summed E-state index contributed by atoms with van der Waals surface area (Å²) >= 11 is 0. The van der Waals surface area contributed by atoms with Gasteiger partial charge >= 0.3 is 5.97 Å². The van der Waals surface area contributed by atoms with Crippen molar-refractivity contribution in [1.29, 1.82) is 0 Å². The number of rotatable bonds is 5. The lowest BCUT2D eigenvalue weighted by atomic mass is 9.77. The molecule has 0 saturated heterocycles. The van der Waals surface area contributed by atoms with Crippen LogP contribution in [-0.4, -0.2) is 35.3 Å². The molecule has 0 bridgehead atoms. The van der Waals surface area contributed by atoms with E-state index in [-0.39, 0.29) is 12.3 Å². The number of benzene rings is 1. The summed E-state index contributed by atoms with van der Waals surface area (Å²) in [6.07, 6.45) is 2.17. The molecule has 1 aromatic rings. The Hall–Kier alpha value is -2.22. The Morgan fingerprint density at radius 1 is 1.57 bits per heavy atom. The van der Waals surface area contributed by atoms with Gasteiger partial charge in [0.15, 0.2) is 0 Å². The summed E-state index contributed by atoms with van der Waals surface area (Å²) in [6.45, 7) is -0.199. The third-order valence-corrected chi connectivity index (χ3v) is 3.70. The van der Waals surface area contributed by atoms with Crippen LogP contribution in [0.2, 0.25) is 0 Å². The first-order chi connectivity index (χ1) is 9.92. The van der Waals surface area contributed by atoms with Gasteiger partial charge in [0.2, 0.25) is 0 Å². The minimum Gasteiger partial charge on any atom is -0.465 e. The third-order valence-electron chi connectivity index (χ3n) is 3.70. The lowest BCUT2D eigenvalue weighted by Gasteiger charge is -2.41. The van der Waals surface area contributed by atoms with Gasteiger partial charge < -0.3 is 15.2 Å². The number of aliphatic hydroxyl groups is 1. The van der Waals surface area contributed by atoms with Gasteiger partial charge in [-0.25, -0.2) is 9.18 Å². The summed E-state index contributed by atoms with van der Waals surface area (Å²) in [5, 5.41) is 23.3. The van der Waals surface area contributed by atoms with E-state index in [1.807, 2.05) is 0 Å². The second-order valence-electron chi connectivity index (χ2n) is 5.01. The number of esters is 1. The number of carbonyl (C=O) groups excluding carboxylic acids is 1. The highest BCUT2D eigenvalue weighted by molar-refractivity contribution is 5.92. The van der Waals surface area contributed by atoms with E-state index in [1.165, 1.54) is 0 Å². The van der Waals surface area contributed by atoms with E-state index in [0.717, 1.165) is 19.6 Å². The summed E-state index contributed by atoms with van der Waals surface area (Å²) in [6, 6.07) is 1.73. The average molecular weight is 298 g/mol. The summed E-state index contributed by atoms with van der Waals surface area (Å²) in [5.74, 6) is -1.94. The molecule has 0 atom stereocenters. The molecule has 0 radical (unpaired) electrons. The van der Waals surface area contributed by atoms with Crippen LogP contribution in [0.5, 0.6) is 0 Å². The number of nitro groups is 1. The number of hydrogen-bond acceptors (Lipinski definition) is 6. The van der Waals surface area contributed by atoms with Gasteiger partial charge in [-0.3, -0.25) is 10.1 Å². The van der Waals surface area contributed by atoms with Gasteiger partial charge in [-0.1, -0.05) is 0 Å². The van der Waals surface area contributed by atoms with Crippen molar-refractivity contribution in [2.45, 2.75) is 24.8 Å². The first-order valence-corrected chi connectivity index (χ1v) is 6.38. The summed E-state index contributed by atoms with van der Waals surface area (Å²) < 4.78 is 18.2. The topological polar surface area (TPSA) is 102 Å². The largest absolute Gasteiger partial charge is 0.465 e. The maximum Gasteiger partial charge on any atom is 0.340 e. The van der Waals surface area contributed by atoms with Gasteiger partial charge in [0.25, 0.3) is 5.69 Å². The van der Waals surface area contributed by atoms with Crippen LogP contribution >= 0.6 is 0 Å². The van der Waals surface area contributed by atoms with E-state index in [0.29, 0.717) is 18.9 Å². The second kappa shape index (κ2) is 5.65. The first kappa shape index (κ1) is 15.2. The standard InChI is InChI=1S/C13H15FN2O5/c1-21-12(18)8-5-10(11(16(19)20)6-9(8)14)15-13(7-17)3-2-4-13/h5-6,15,17H,2-4,7H2,1H3. The zero-order chi connectivity index (χ0) is 15.6. The van der Waals surface area contributed by atoms with Crippen LogP contribution in [0.1, 0.15) is 29.6 Å². The molecule has 1 aromatic carbocycles. The molecule has 1 aliphatic rings. The van der Waals surface area contributed by atoms with Crippen molar-refractivity contribution in [1.82, 2.24) is 0 Å². The highest BCUT2D eigenvalue weighted by Gasteiger charge is 2.38. The van der Waals surface area contributed by atoms with Crippen LogP contribution in [0.25, 0.3) is 0 Å². The van der Waals surface area contributed by atoms with E-state index >= 15 is 0 Å². The molecule has 0 aromatic heterocycles. The van der Waals surface area contributed by atoms with Gasteiger partial charge in [0, 0.05) is 0 Å². The van der Waals surface area contributed by atoms with Crippen LogP contribution in [0, 0.1) is 15.9 Å². The zero-order valence-corrected chi connectivity index (χ0v) is 11.4. The number of nitrogens with one attached hydrogen (secondary N) is 1. The summed E-state index contributed by atoms with van der Waals surface area (Å²) in [5.41, 5.74) is -1.54. The maximum atomic E-state index is 13.8. The Bertz CT molecular complexity index is 581. The fourth-order valence-corrected chi connectivity index (χ4v) is 2.29. The van der Waals surface area contributed by atoms with Gasteiger partial charge in [-0.15, -0.1) is 0 Å². The Morgan fingerprint density at radius 3 is 2.67 bits per heavy atom. The smallest absolute Gasteiger partial charge is 0.340 e. The fraction of sp³-hybridized carbons (Fsp3) is 0.462. The molecule has 1 saturated carbocycles. The van der Waals surface area contributed by atoms with E-state index in [2.05, 4.69) is 10.1 Å². The number of halogens is 1. The molecule has 0 heterocycles. The van der Waals surface area contributed by atoms with Crippen molar-refractivity contribution in [3.8, 4) is 0 Å². The van der Waals surface area contributed by atoms with Crippen molar-refractivity contribution in [2.75, 3.05) is 19.0 Å². The molecule has 21 heavy (non-hydrogen) atoms. The molecule has 7 nitrogen and oxygen atoms in total. The lowest BCUT2D eigenvalue weighted by molar-refractivity contribution is -0.384. The number of hydrogen-bond donors (Lipinski definition) is 2. The molecule has 2 N–H and O–H groups in total. The third kappa shape index (κ3) is 2.80. The minimum atomic E-state index is -1.02. The van der Waals surface area contributed by atoms with Gasteiger partial charge in [-0.2, -0.15) is 0 Å². The highest BCUT2D eigenvalue weighted by atomic mass is 19.1. The number of nitro benzene ring substituents is 1. The van der Waals surface area contributed by atoms with Gasteiger partial charge in [0.05, 0.1) is 35.8 Å². The number of methoxy groups -OCH3 is 1. The molecular weight excluding hydrogens is 283 g/mol. The SMILES string of the molecule is COC(=O)c1cc(NC2(CO)CCC2)c([N+](=O)[O-])cc1F. The van der Waals surface area contributed by atoms with Crippen LogP contribution < -0.4 is 5.32 Å². The molecule has 8 heteroatoms. The van der Waals surface area contributed by atoms with E-state index in [1.54, 1.807) is 0 Å². The van der Waals surface area contributed by atoms with Crippen molar-refractivity contribution in [3.63, 3.8) is 0 Å². The average Bonchev–Trinajstić information content (AvgIpc) is 2.42. The highest BCUT2D eigenvalue weighted by Crippen LogP contribution is 2.38. The molecular formula is C13H15FN2O5. The molecule has 0 aliphatic heterocycles. The second-order valence-corrected chi connectivity index (χ2v) is 5.01. The molecule has 1 aliphatic carbocycles. The first-order valence-electron chi connectivity index (χ1n) is 6.38. The number of aliphatic hydroxyl groups excluding tert-OH is 1. The van der Waals surface area contributed by atoms with Crippen LogP contribution in [0.3, 0.4) is 0 Å². The Balaban J connectivity index is 2.45. The summed E-state index contributed by atoms with van der Waals surface area (Å²) in [4.78, 5) is 21.8. The van der Waals surface area contributed by atoms with Gasteiger partial charge in [0.1, 0.15) is 11.5 Å². The quantitative estimate of drug-likeness (QED) is 0.488. The van der Waals surface area contributed by atoms with Crippen molar-refractivity contribution >= 4 is 17.3 Å². The Kier molecular flexibility index (Phi) is 4.08. The van der Waals surface area contributed by atoms with Crippen LogP contribution in [0.15, 0.2) is 12.1 Å². The fourth-order valence-electron chi connectivity index (χ4n) is 2.29. The lowest BCUT2D eigenvalue weighted by Crippen LogP contribution is -2.48. The molecule has 2 rings (SSSR count). The predicted molar refractivity (Wildman–Crippen MR) is 71.7 cm³/mol. The predicted octanol–water partition coefficient (Wildman–Crippen LogP) is 1.85. The molecule has 1 fully saturated rings. The van der Waals surface area contributed by atoms with E-state index in [4.69, 9.17) is 0 Å². The van der Waals surface area contributed by atoms with Crippen molar-refractivity contribution in [3.05, 3.63) is 33.6 Å². The minimum absolute atomic E-state index is 0.00412. The molecule has 114 valence electrons. The maximum absolute atomic E-state index is 13.8. The molecule has 0 unspecified atom stereocenters. The number of ether oxygens (including phenoxy) is 1. The van der Waals surface area contributed by atoms with E-state index < -0.39 is 33.5 Å². The normalized spacial score (nSPS) is 16.0. The molecule has 0 spiro atoms. The Labute approximate surface area is 119 Å². The molecule has 0 amide bonds. The monoisotopic (exact) mass is 298 g/mol. The van der Waals surface area contributed by atoms with Crippen LogP contribution in [-0.2, 0) is 4.74 Å². The number of carbonyl (C=O) groups is 1. The van der Waals surface area contributed by atoms with E-state index in [9.17, 15) is 24.4 Å². The van der Waals surface area contributed by atoms with Crippen molar-refractivity contribution < 1.29 is 24.0 Å². The summed E-state index contributed by atoms with van der Waals surface area (Å²) in [7, 11) is 1.09. The number of nitrogens with zero attached hydrogens (tertiary/aromatic N) is 1.